The maximum absolute atomic E-state index is 13.0. The Morgan fingerprint density at radius 2 is 1.64 bits per heavy atom. The van der Waals surface area contributed by atoms with Crippen LogP contribution in [-0.2, 0) is 4.79 Å². The van der Waals surface area contributed by atoms with Crippen LogP contribution < -0.4 is 14.2 Å². The zero-order valence-corrected chi connectivity index (χ0v) is 18.9. The van der Waals surface area contributed by atoms with Gasteiger partial charge in [0.25, 0.3) is 0 Å². The molecule has 0 amide bonds. The molecule has 5 nitrogen and oxygen atoms in total. The number of halogens is 2. The van der Waals surface area contributed by atoms with Gasteiger partial charge >= 0.3 is 5.97 Å². The molecule has 0 aliphatic heterocycles. The summed E-state index contributed by atoms with van der Waals surface area (Å²) in [5.41, 5.74) is 1.39. The number of esters is 1. The molecule has 0 aromatic heterocycles. The third kappa shape index (κ3) is 6.43. The van der Waals surface area contributed by atoms with Crippen molar-refractivity contribution in [2.24, 2.45) is 0 Å². The molecule has 170 valence electrons. The van der Waals surface area contributed by atoms with E-state index in [1.807, 2.05) is 6.92 Å². The van der Waals surface area contributed by atoms with Gasteiger partial charge in [-0.25, -0.2) is 9.18 Å². The van der Waals surface area contributed by atoms with Gasteiger partial charge in [0.05, 0.1) is 18.7 Å². The first-order chi connectivity index (χ1) is 15.9. The molecule has 0 aliphatic carbocycles. The lowest BCUT2D eigenvalue weighted by atomic mass is 10.0. The number of carbonyl (C=O) groups is 2. The number of hydrogen-bond donors (Lipinski definition) is 0. The van der Waals surface area contributed by atoms with Crippen LogP contribution in [0.25, 0.3) is 6.08 Å². The minimum absolute atomic E-state index is 0.259. The SMILES string of the molecule is CCCOc1c(Cl)cc(/C=C/C(=O)Oc2ccc(C(=O)c3ccc(F)cc3)cc2)cc1OC. The monoisotopic (exact) mass is 468 g/mol. The van der Waals surface area contributed by atoms with Gasteiger partial charge in [-0.2, -0.15) is 0 Å². The van der Waals surface area contributed by atoms with Crippen molar-refractivity contribution in [2.75, 3.05) is 13.7 Å². The van der Waals surface area contributed by atoms with E-state index < -0.39 is 11.8 Å². The van der Waals surface area contributed by atoms with Gasteiger partial charge in [0.2, 0.25) is 0 Å². The number of benzene rings is 3. The van der Waals surface area contributed by atoms with E-state index in [2.05, 4.69) is 0 Å². The first-order valence-corrected chi connectivity index (χ1v) is 10.6. The van der Waals surface area contributed by atoms with E-state index >= 15 is 0 Å². The summed E-state index contributed by atoms with van der Waals surface area (Å²) < 4.78 is 29.3. The molecule has 0 atom stereocenters. The number of ether oxygens (including phenoxy) is 3. The topological polar surface area (TPSA) is 61.8 Å². The van der Waals surface area contributed by atoms with Crippen molar-refractivity contribution in [3.8, 4) is 17.2 Å². The minimum Gasteiger partial charge on any atom is -0.493 e. The number of methoxy groups -OCH3 is 1. The van der Waals surface area contributed by atoms with Crippen LogP contribution in [0, 0.1) is 5.82 Å². The molecule has 33 heavy (non-hydrogen) atoms. The summed E-state index contributed by atoms with van der Waals surface area (Å²) in [6.07, 6.45) is 3.64. The summed E-state index contributed by atoms with van der Waals surface area (Å²) in [6.45, 7) is 2.49. The standard InChI is InChI=1S/C26H22ClFO5/c1-3-14-32-26-22(27)15-17(16-23(26)31-2)4-13-24(29)33-21-11-7-19(8-12-21)25(30)18-5-9-20(28)10-6-18/h4-13,15-16H,3,14H2,1-2H3/b13-4+. The van der Waals surface area contributed by atoms with Crippen molar-refractivity contribution in [3.05, 3.63) is 94.3 Å². The molecule has 0 spiro atoms. The molecule has 0 bridgehead atoms. The van der Waals surface area contributed by atoms with Crippen LogP contribution in [0.2, 0.25) is 5.02 Å². The van der Waals surface area contributed by atoms with Gasteiger partial charge in [-0.3, -0.25) is 4.79 Å². The zero-order chi connectivity index (χ0) is 23.8. The van der Waals surface area contributed by atoms with Gasteiger partial charge in [0.15, 0.2) is 17.3 Å². The van der Waals surface area contributed by atoms with Gasteiger partial charge in [-0.15, -0.1) is 0 Å². The Labute approximate surface area is 196 Å². The molecule has 0 aliphatic rings. The molecule has 7 heteroatoms. The summed E-state index contributed by atoms with van der Waals surface area (Å²) in [4.78, 5) is 24.6. The highest BCUT2D eigenvalue weighted by Gasteiger charge is 2.12. The molecular weight excluding hydrogens is 447 g/mol. The summed E-state index contributed by atoms with van der Waals surface area (Å²) in [7, 11) is 1.51. The Morgan fingerprint density at radius 3 is 2.24 bits per heavy atom. The Morgan fingerprint density at radius 1 is 1.00 bits per heavy atom. The van der Waals surface area contributed by atoms with Crippen molar-refractivity contribution in [1.29, 1.82) is 0 Å². The van der Waals surface area contributed by atoms with Gasteiger partial charge in [-0.1, -0.05) is 18.5 Å². The fraction of sp³-hybridized carbons (Fsp3) is 0.154. The lowest BCUT2D eigenvalue weighted by Gasteiger charge is -2.12. The fourth-order valence-corrected chi connectivity index (χ4v) is 3.21. The van der Waals surface area contributed by atoms with E-state index in [-0.39, 0.29) is 11.5 Å². The summed E-state index contributed by atoms with van der Waals surface area (Å²) >= 11 is 6.29. The van der Waals surface area contributed by atoms with Crippen molar-refractivity contribution < 1.29 is 28.2 Å². The lowest BCUT2D eigenvalue weighted by molar-refractivity contribution is -0.128. The molecular formula is C26H22ClFO5. The smallest absolute Gasteiger partial charge is 0.336 e. The van der Waals surface area contributed by atoms with Crippen LogP contribution in [0.4, 0.5) is 4.39 Å². The predicted molar refractivity (Wildman–Crippen MR) is 125 cm³/mol. The van der Waals surface area contributed by atoms with Crippen molar-refractivity contribution in [2.45, 2.75) is 13.3 Å². The second-order valence-electron chi connectivity index (χ2n) is 7.00. The number of hydrogen-bond acceptors (Lipinski definition) is 5. The fourth-order valence-electron chi connectivity index (χ4n) is 2.94. The Hall–Kier alpha value is -3.64. The van der Waals surface area contributed by atoms with Gasteiger partial charge in [0.1, 0.15) is 11.6 Å². The van der Waals surface area contributed by atoms with E-state index in [1.165, 1.54) is 61.7 Å². The van der Waals surface area contributed by atoms with Crippen LogP contribution >= 0.6 is 11.6 Å². The minimum atomic E-state index is -0.603. The Bertz CT molecular complexity index is 1150. The van der Waals surface area contributed by atoms with Crippen LogP contribution in [-0.4, -0.2) is 25.5 Å². The normalized spacial score (nSPS) is 10.8. The quantitative estimate of drug-likeness (QED) is 0.164. The molecule has 0 heterocycles. The van der Waals surface area contributed by atoms with E-state index in [1.54, 1.807) is 18.2 Å². The molecule has 0 fully saturated rings. The highest BCUT2D eigenvalue weighted by atomic mass is 35.5. The molecule has 0 saturated heterocycles. The number of carbonyl (C=O) groups excluding carboxylic acids is 2. The average Bonchev–Trinajstić information content (AvgIpc) is 2.82. The van der Waals surface area contributed by atoms with Gasteiger partial charge in [0, 0.05) is 17.2 Å². The zero-order valence-electron chi connectivity index (χ0n) is 18.1. The van der Waals surface area contributed by atoms with E-state index in [0.717, 1.165) is 6.42 Å². The number of rotatable bonds is 9. The average molecular weight is 469 g/mol. The summed E-state index contributed by atoms with van der Waals surface area (Å²) in [5.74, 6) is -0.0806. The van der Waals surface area contributed by atoms with Crippen molar-refractivity contribution >= 4 is 29.4 Å². The second-order valence-corrected chi connectivity index (χ2v) is 7.40. The van der Waals surface area contributed by atoms with Crippen LogP contribution in [0.1, 0.15) is 34.8 Å². The Balaban J connectivity index is 1.65. The molecule has 3 aromatic rings. The maximum Gasteiger partial charge on any atom is 0.336 e. The summed E-state index contributed by atoms with van der Waals surface area (Å²) in [5, 5.41) is 0.372. The summed E-state index contributed by atoms with van der Waals surface area (Å²) in [6, 6.07) is 14.8. The first kappa shape index (κ1) is 24.0. The first-order valence-electron chi connectivity index (χ1n) is 10.2. The van der Waals surface area contributed by atoms with E-state index in [4.69, 9.17) is 25.8 Å². The van der Waals surface area contributed by atoms with E-state index in [0.29, 0.717) is 39.8 Å². The molecule has 0 radical (unpaired) electrons. The molecule has 0 saturated carbocycles. The largest absolute Gasteiger partial charge is 0.493 e. The highest BCUT2D eigenvalue weighted by Crippen LogP contribution is 2.36. The van der Waals surface area contributed by atoms with Crippen LogP contribution in [0.3, 0.4) is 0 Å². The van der Waals surface area contributed by atoms with Gasteiger partial charge in [-0.05, 0) is 78.7 Å². The van der Waals surface area contributed by atoms with Crippen molar-refractivity contribution in [1.82, 2.24) is 0 Å². The number of ketones is 1. The Kier molecular flexibility index (Phi) is 8.22. The van der Waals surface area contributed by atoms with Crippen molar-refractivity contribution in [3.63, 3.8) is 0 Å². The molecule has 0 N–H and O–H groups in total. The van der Waals surface area contributed by atoms with Gasteiger partial charge < -0.3 is 14.2 Å². The molecule has 3 aromatic carbocycles. The highest BCUT2D eigenvalue weighted by molar-refractivity contribution is 6.32. The van der Waals surface area contributed by atoms with Crippen LogP contribution in [0.5, 0.6) is 17.2 Å². The predicted octanol–water partition coefficient (Wildman–Crippen LogP) is 6.13. The van der Waals surface area contributed by atoms with Crippen LogP contribution in [0.15, 0.2) is 66.7 Å². The maximum atomic E-state index is 13.0. The third-order valence-corrected chi connectivity index (χ3v) is 4.84. The van der Waals surface area contributed by atoms with E-state index in [9.17, 15) is 14.0 Å². The molecule has 0 unspecified atom stereocenters. The lowest BCUT2D eigenvalue weighted by Crippen LogP contribution is -2.05. The second kappa shape index (κ2) is 11.3. The third-order valence-electron chi connectivity index (χ3n) is 4.56. The molecule has 3 rings (SSSR count).